The van der Waals surface area contributed by atoms with Gasteiger partial charge in [0.2, 0.25) is 10.0 Å². The van der Waals surface area contributed by atoms with Gasteiger partial charge in [-0.25, -0.2) is 8.42 Å². The number of nitrogens with zero attached hydrogens (tertiary/aromatic N) is 2. The molecule has 1 fully saturated rings. The number of rotatable bonds is 4. The largest absolute Gasteiger partial charge is 0.421 e. The maximum absolute atomic E-state index is 13.1. The minimum absolute atomic E-state index is 0.0372. The summed E-state index contributed by atoms with van der Waals surface area (Å²) in [6.07, 6.45) is -4.80. The van der Waals surface area contributed by atoms with E-state index in [-0.39, 0.29) is 29.6 Å². The molecule has 0 aliphatic carbocycles. The third-order valence-corrected chi connectivity index (χ3v) is 7.95. The predicted molar refractivity (Wildman–Crippen MR) is 116 cm³/mol. The first kappa shape index (κ1) is 23.7. The number of hydrogen-bond acceptors (Lipinski definition) is 6. The third-order valence-electron chi connectivity index (χ3n) is 5.50. The van der Waals surface area contributed by atoms with Crippen LogP contribution in [-0.4, -0.2) is 49.7 Å². The molecule has 1 heterocycles. The summed E-state index contributed by atoms with van der Waals surface area (Å²) >= 11 is 4.24. The van der Waals surface area contributed by atoms with Gasteiger partial charge in [-0.3, -0.25) is 0 Å². The normalized spacial score (nSPS) is 20.5. The van der Waals surface area contributed by atoms with E-state index in [1.165, 1.54) is 40.7 Å². The van der Waals surface area contributed by atoms with Gasteiger partial charge in [0.15, 0.2) is 5.60 Å². The Bertz CT molecular complexity index is 1060. The van der Waals surface area contributed by atoms with Crippen molar-refractivity contribution in [1.82, 2.24) is 4.31 Å². The molecule has 31 heavy (non-hydrogen) atoms. The van der Waals surface area contributed by atoms with E-state index in [9.17, 15) is 26.7 Å². The van der Waals surface area contributed by atoms with Crippen LogP contribution in [0.5, 0.6) is 0 Å². The Labute approximate surface area is 184 Å². The Morgan fingerprint density at radius 1 is 1.13 bits per heavy atom. The van der Waals surface area contributed by atoms with Gasteiger partial charge in [0.25, 0.3) is 0 Å². The van der Waals surface area contributed by atoms with Gasteiger partial charge in [0, 0.05) is 41.9 Å². The molecular weight excluding hydrogens is 451 g/mol. The number of piperazine rings is 1. The first-order valence-electron chi connectivity index (χ1n) is 9.50. The van der Waals surface area contributed by atoms with Crippen LogP contribution in [-0.2, 0) is 15.6 Å². The van der Waals surface area contributed by atoms with E-state index >= 15 is 0 Å². The Hall–Kier alpha value is -1.95. The van der Waals surface area contributed by atoms with Gasteiger partial charge in [0.1, 0.15) is 0 Å². The summed E-state index contributed by atoms with van der Waals surface area (Å²) in [7, 11) is -3.80. The highest BCUT2D eigenvalue weighted by Gasteiger charge is 2.51. The second-order valence-corrected chi connectivity index (χ2v) is 10.1. The van der Waals surface area contributed by atoms with E-state index in [1.54, 1.807) is 6.07 Å². The molecule has 0 aromatic heterocycles. The van der Waals surface area contributed by atoms with Gasteiger partial charge >= 0.3 is 6.18 Å². The molecule has 0 amide bonds. The van der Waals surface area contributed by atoms with Gasteiger partial charge in [0.05, 0.1) is 4.90 Å². The molecule has 1 aliphatic rings. The molecule has 2 aromatic rings. The van der Waals surface area contributed by atoms with Crippen molar-refractivity contribution < 1.29 is 26.7 Å². The molecule has 2 atom stereocenters. The number of benzene rings is 2. The van der Waals surface area contributed by atoms with Crippen molar-refractivity contribution in [1.29, 1.82) is 0 Å². The minimum Gasteiger partial charge on any atom is -0.399 e. The van der Waals surface area contributed by atoms with Crippen molar-refractivity contribution in [3.63, 3.8) is 0 Å². The summed E-state index contributed by atoms with van der Waals surface area (Å²) in [6.45, 7) is 3.27. The zero-order valence-electron chi connectivity index (χ0n) is 17.0. The van der Waals surface area contributed by atoms with E-state index in [4.69, 9.17) is 5.73 Å². The molecule has 170 valence electrons. The van der Waals surface area contributed by atoms with Crippen LogP contribution in [0.2, 0.25) is 0 Å². The molecule has 1 unspecified atom stereocenters. The van der Waals surface area contributed by atoms with Crippen LogP contribution in [0.15, 0.2) is 52.3 Å². The maximum atomic E-state index is 13.1. The third kappa shape index (κ3) is 4.50. The summed E-state index contributed by atoms with van der Waals surface area (Å²) in [5, 5.41) is 9.82. The molecule has 6 nitrogen and oxygen atoms in total. The number of hydrogen-bond donors (Lipinski definition) is 3. The van der Waals surface area contributed by atoms with Crippen molar-refractivity contribution in [3.8, 4) is 0 Å². The van der Waals surface area contributed by atoms with Gasteiger partial charge in [-0.2, -0.15) is 17.5 Å². The van der Waals surface area contributed by atoms with Crippen LogP contribution >= 0.6 is 12.6 Å². The van der Waals surface area contributed by atoms with E-state index < -0.39 is 21.8 Å². The minimum atomic E-state index is -4.80. The van der Waals surface area contributed by atoms with Crippen LogP contribution in [0.3, 0.4) is 0 Å². The number of nitrogens with two attached hydrogens (primary N) is 1. The smallest absolute Gasteiger partial charge is 0.399 e. The van der Waals surface area contributed by atoms with Crippen LogP contribution in [0.4, 0.5) is 24.5 Å². The lowest BCUT2D eigenvalue weighted by Gasteiger charge is -2.41. The number of nitrogen functional groups attached to an aromatic ring is 1. The van der Waals surface area contributed by atoms with Gasteiger partial charge < -0.3 is 15.7 Å². The van der Waals surface area contributed by atoms with Crippen LogP contribution in [0, 0.1) is 0 Å². The number of halogens is 3. The molecule has 1 saturated heterocycles. The molecule has 0 bridgehead atoms. The summed E-state index contributed by atoms with van der Waals surface area (Å²) in [5.74, 6) is 0. The highest BCUT2D eigenvalue weighted by Crippen LogP contribution is 2.39. The second kappa shape index (κ2) is 8.19. The molecule has 2 aromatic carbocycles. The number of aliphatic hydroxyl groups is 1. The standard InChI is InChI=1S/C20H24F3N3O3S2/c1-13-12-25(31(28,29)18-11-15(24)5-8-17(18)30)9-10-26(13)16-6-3-14(4-7-16)19(2,27)20(21,22)23/h3-8,11,13,27,30H,9-10,12,24H2,1-2H3/t13-,19?/m0/s1. The summed E-state index contributed by atoms with van der Waals surface area (Å²) in [6, 6.07) is 9.71. The topological polar surface area (TPSA) is 86.9 Å². The second-order valence-electron chi connectivity index (χ2n) is 7.75. The fraction of sp³-hybridized carbons (Fsp3) is 0.400. The summed E-state index contributed by atoms with van der Waals surface area (Å²) in [5.41, 5.74) is 3.48. The van der Waals surface area contributed by atoms with E-state index in [0.29, 0.717) is 29.7 Å². The van der Waals surface area contributed by atoms with Gasteiger partial charge in [-0.05, 0) is 49.7 Å². The number of sulfonamides is 1. The van der Waals surface area contributed by atoms with E-state index in [1.807, 2.05) is 11.8 Å². The van der Waals surface area contributed by atoms with Crippen LogP contribution < -0.4 is 10.6 Å². The average Bonchev–Trinajstić information content (AvgIpc) is 2.69. The molecule has 1 aliphatic heterocycles. The van der Waals surface area contributed by atoms with Crippen molar-refractivity contribution in [2.75, 3.05) is 30.3 Å². The zero-order valence-corrected chi connectivity index (χ0v) is 18.7. The Balaban J connectivity index is 1.78. The number of thiol groups is 1. The van der Waals surface area contributed by atoms with Gasteiger partial charge in [-0.1, -0.05) is 12.1 Å². The van der Waals surface area contributed by atoms with Crippen LogP contribution in [0.25, 0.3) is 0 Å². The Morgan fingerprint density at radius 3 is 2.29 bits per heavy atom. The lowest BCUT2D eigenvalue weighted by Crippen LogP contribution is -2.53. The lowest BCUT2D eigenvalue weighted by molar-refractivity contribution is -0.258. The maximum Gasteiger partial charge on any atom is 0.421 e. The Kier molecular flexibility index (Phi) is 6.27. The average molecular weight is 476 g/mol. The first-order chi connectivity index (χ1) is 14.2. The zero-order chi connectivity index (χ0) is 23.2. The number of alkyl halides is 3. The molecule has 3 N–H and O–H groups in total. The quantitative estimate of drug-likeness (QED) is 0.467. The van der Waals surface area contributed by atoms with Gasteiger partial charge in [-0.15, -0.1) is 12.6 Å². The Morgan fingerprint density at radius 2 is 1.74 bits per heavy atom. The number of anilines is 2. The van der Waals surface area contributed by atoms with E-state index in [0.717, 1.165) is 0 Å². The van der Waals surface area contributed by atoms with Crippen molar-refractivity contribution in [2.24, 2.45) is 0 Å². The first-order valence-corrected chi connectivity index (χ1v) is 11.4. The van der Waals surface area contributed by atoms with Crippen molar-refractivity contribution >= 4 is 34.0 Å². The summed E-state index contributed by atoms with van der Waals surface area (Å²) in [4.78, 5) is 2.26. The molecule has 0 spiro atoms. The molecule has 11 heteroatoms. The fourth-order valence-corrected chi connectivity index (χ4v) is 5.66. The SMILES string of the molecule is C[C@H]1CN(S(=O)(=O)c2cc(N)ccc2S)CCN1c1ccc(C(C)(O)C(F)(F)F)cc1. The monoisotopic (exact) mass is 475 g/mol. The molecule has 3 rings (SSSR count). The molecular formula is C20H24F3N3O3S2. The highest BCUT2D eigenvalue weighted by atomic mass is 32.2. The van der Waals surface area contributed by atoms with Crippen molar-refractivity contribution in [2.45, 2.75) is 41.5 Å². The predicted octanol–water partition coefficient (Wildman–Crippen LogP) is 3.23. The summed E-state index contributed by atoms with van der Waals surface area (Å²) < 4.78 is 66.6. The van der Waals surface area contributed by atoms with Crippen molar-refractivity contribution in [3.05, 3.63) is 48.0 Å². The fourth-order valence-electron chi connectivity index (χ4n) is 3.54. The van der Waals surface area contributed by atoms with Crippen LogP contribution in [0.1, 0.15) is 19.4 Å². The lowest BCUT2D eigenvalue weighted by atomic mass is 9.95. The molecule has 0 saturated carbocycles. The highest BCUT2D eigenvalue weighted by molar-refractivity contribution is 7.90. The van der Waals surface area contributed by atoms with E-state index in [2.05, 4.69) is 12.6 Å². The molecule has 0 radical (unpaired) electrons.